The molecule has 0 aliphatic heterocycles. The fraction of sp³-hybridized carbons (Fsp3) is 0.125. The summed E-state index contributed by atoms with van der Waals surface area (Å²) in [5.74, 6) is -0.329. The van der Waals surface area contributed by atoms with Crippen molar-refractivity contribution < 1.29 is 22.5 Å². The van der Waals surface area contributed by atoms with Crippen LogP contribution in [0.2, 0.25) is 0 Å². The van der Waals surface area contributed by atoms with Crippen molar-refractivity contribution in [1.82, 2.24) is 0 Å². The monoisotopic (exact) mass is 256 g/mol. The van der Waals surface area contributed by atoms with Gasteiger partial charge < -0.3 is 4.74 Å². The molecule has 0 amide bonds. The van der Waals surface area contributed by atoms with Crippen LogP contribution >= 0.6 is 11.6 Å². The zero-order valence-corrected chi connectivity index (χ0v) is 9.79. The molecule has 0 spiro atoms. The molecule has 7 heteroatoms. The topological polar surface area (TPSA) is 80.7 Å². The molecule has 0 saturated carbocycles. The van der Waals surface area contributed by atoms with Gasteiger partial charge in [-0.2, -0.15) is 8.42 Å². The molecule has 0 saturated heterocycles. The molecule has 1 N–H and O–H groups in total. The minimum Gasteiger partial charge on any atom is -0.435 e. The smallest absolute Gasteiger partial charge is 0.307 e. The van der Waals surface area contributed by atoms with Gasteiger partial charge in [-0.15, -0.1) is 0 Å². The lowest BCUT2D eigenvalue weighted by atomic mass is 10.8. The molecule has 0 aliphatic carbocycles. The summed E-state index contributed by atoms with van der Waals surface area (Å²) in [6, 6.07) is 0. The summed E-state index contributed by atoms with van der Waals surface area (Å²) in [5.41, 5.74) is 1.22. The van der Waals surface area contributed by atoms with Gasteiger partial charge in [-0.1, -0.05) is 31.3 Å². The summed E-state index contributed by atoms with van der Waals surface area (Å²) in [4.78, 5) is 9.75. The lowest BCUT2D eigenvalue weighted by molar-refractivity contribution is -0.135. The SMILES string of the molecule is C=CCl.C=COC(C)=O.C=CS(=O)(=O)O. The maximum absolute atomic E-state index is 9.75. The predicted molar refractivity (Wildman–Crippen MR) is 59.8 cm³/mol. The normalized spacial score (nSPS) is 7.93. The van der Waals surface area contributed by atoms with Gasteiger partial charge in [-0.05, 0) is 5.54 Å². The number of ether oxygens (including phenoxy) is 1. The Morgan fingerprint density at radius 2 is 1.67 bits per heavy atom. The van der Waals surface area contributed by atoms with E-state index in [0.717, 1.165) is 6.26 Å². The van der Waals surface area contributed by atoms with E-state index in [4.69, 9.17) is 16.2 Å². The number of esters is 1. The van der Waals surface area contributed by atoms with Gasteiger partial charge in [0, 0.05) is 6.92 Å². The van der Waals surface area contributed by atoms with Crippen LogP contribution < -0.4 is 0 Å². The van der Waals surface area contributed by atoms with Gasteiger partial charge in [-0.3, -0.25) is 9.35 Å². The summed E-state index contributed by atoms with van der Waals surface area (Å²) in [5, 5.41) is 0.465. The van der Waals surface area contributed by atoms with E-state index in [-0.39, 0.29) is 5.97 Å². The van der Waals surface area contributed by atoms with Gasteiger partial charge in [0.2, 0.25) is 0 Å². The van der Waals surface area contributed by atoms with Crippen LogP contribution in [0, 0.1) is 0 Å². The molecule has 88 valence electrons. The standard InChI is InChI=1S/C4H6O2.C2H3Cl.C2H4O3S/c1-3-6-4(2)5;1-2-3;1-2-6(3,4)5/h3H,1H2,2H3;2H,1H2;2H,1H2,(H,3,4,5). The van der Waals surface area contributed by atoms with Crippen LogP contribution in [0.5, 0.6) is 0 Å². The fourth-order valence-electron chi connectivity index (χ4n) is 0.117. The van der Waals surface area contributed by atoms with Gasteiger partial charge in [0.15, 0.2) is 0 Å². The van der Waals surface area contributed by atoms with Crippen molar-refractivity contribution in [3.63, 3.8) is 0 Å². The van der Waals surface area contributed by atoms with Gasteiger partial charge in [0.05, 0.1) is 11.7 Å². The molecule has 0 atom stereocenters. The van der Waals surface area contributed by atoms with Gasteiger partial charge in [0.1, 0.15) is 0 Å². The summed E-state index contributed by atoms with van der Waals surface area (Å²) in [7, 11) is -3.90. The van der Waals surface area contributed by atoms with Crippen molar-refractivity contribution in [2.45, 2.75) is 6.92 Å². The van der Waals surface area contributed by atoms with E-state index < -0.39 is 10.1 Å². The first kappa shape index (κ1) is 19.5. The molecule has 0 bridgehead atoms. The summed E-state index contributed by atoms with van der Waals surface area (Å²) >= 11 is 4.76. The minimum atomic E-state index is -3.90. The number of carbonyl (C=O) groups excluding carboxylic acids is 1. The second kappa shape index (κ2) is 12.9. The zero-order chi connectivity index (χ0) is 12.9. The molecule has 0 aromatic carbocycles. The van der Waals surface area contributed by atoms with Crippen molar-refractivity contribution >= 4 is 27.7 Å². The van der Waals surface area contributed by atoms with E-state index in [0.29, 0.717) is 5.41 Å². The summed E-state index contributed by atoms with van der Waals surface area (Å²) < 4.78 is 30.7. The van der Waals surface area contributed by atoms with Crippen LogP contribution in [-0.4, -0.2) is 18.9 Å². The molecule has 0 rings (SSSR count). The number of hydrogen-bond acceptors (Lipinski definition) is 4. The molecule has 0 unspecified atom stereocenters. The Bertz CT molecular complexity index is 283. The molecular formula is C8H13ClO5S. The first-order valence-corrected chi connectivity index (χ1v) is 5.28. The third-order valence-electron chi connectivity index (χ3n) is 0.460. The van der Waals surface area contributed by atoms with E-state index in [9.17, 15) is 13.2 Å². The van der Waals surface area contributed by atoms with E-state index in [1.165, 1.54) is 12.5 Å². The Labute approximate surface area is 94.4 Å². The summed E-state index contributed by atoms with van der Waals surface area (Å²) in [6.07, 6.45) is 1.10. The van der Waals surface area contributed by atoms with Crippen LogP contribution in [0.15, 0.2) is 36.9 Å². The molecule has 5 nitrogen and oxygen atoms in total. The molecule has 0 heterocycles. The quantitative estimate of drug-likeness (QED) is 0.465. The molecule has 15 heavy (non-hydrogen) atoms. The first-order valence-electron chi connectivity index (χ1n) is 3.34. The van der Waals surface area contributed by atoms with Crippen molar-refractivity contribution in [2.75, 3.05) is 0 Å². The first-order chi connectivity index (χ1) is 6.74. The van der Waals surface area contributed by atoms with Crippen LogP contribution in [0.25, 0.3) is 0 Å². The third-order valence-corrected chi connectivity index (χ3v) is 0.881. The Hall–Kier alpha value is -1.11. The predicted octanol–water partition coefficient (Wildman–Crippen LogP) is 2.08. The maximum Gasteiger partial charge on any atom is 0.307 e. The molecule has 0 aromatic heterocycles. The minimum absolute atomic E-state index is 0.329. The number of rotatable bonds is 2. The zero-order valence-electron chi connectivity index (χ0n) is 8.22. The Kier molecular flexibility index (Phi) is 16.7. The van der Waals surface area contributed by atoms with Gasteiger partial charge in [-0.25, -0.2) is 0 Å². The van der Waals surface area contributed by atoms with Crippen LogP contribution in [0.1, 0.15) is 6.92 Å². The highest BCUT2D eigenvalue weighted by atomic mass is 35.5. The van der Waals surface area contributed by atoms with Crippen molar-refractivity contribution in [3.8, 4) is 0 Å². The van der Waals surface area contributed by atoms with Crippen LogP contribution in [-0.2, 0) is 19.6 Å². The van der Waals surface area contributed by atoms with Gasteiger partial charge in [0.25, 0.3) is 10.1 Å². The van der Waals surface area contributed by atoms with E-state index in [2.05, 4.69) is 24.5 Å². The van der Waals surface area contributed by atoms with E-state index in [1.54, 1.807) is 0 Å². The molecule has 0 aromatic rings. The van der Waals surface area contributed by atoms with Gasteiger partial charge >= 0.3 is 5.97 Å². The lowest BCUT2D eigenvalue weighted by Crippen LogP contribution is -1.87. The van der Waals surface area contributed by atoms with Crippen molar-refractivity contribution in [3.05, 3.63) is 36.9 Å². The number of carbonyl (C=O) groups is 1. The fourth-order valence-corrected chi connectivity index (χ4v) is 0.117. The highest BCUT2D eigenvalue weighted by Gasteiger charge is 1.87. The number of halogens is 1. The highest BCUT2D eigenvalue weighted by Crippen LogP contribution is 1.75. The second-order valence-electron chi connectivity index (χ2n) is 1.61. The molecular weight excluding hydrogens is 244 g/mol. The Morgan fingerprint density at radius 3 is 1.67 bits per heavy atom. The molecule has 0 radical (unpaired) electrons. The van der Waals surface area contributed by atoms with E-state index >= 15 is 0 Å². The van der Waals surface area contributed by atoms with Crippen molar-refractivity contribution in [2.24, 2.45) is 0 Å². The van der Waals surface area contributed by atoms with Crippen LogP contribution in [0.3, 0.4) is 0 Å². The largest absolute Gasteiger partial charge is 0.435 e. The number of hydrogen-bond donors (Lipinski definition) is 1. The average Bonchev–Trinajstić information content (AvgIpc) is 2.05. The second-order valence-corrected chi connectivity index (χ2v) is 3.28. The van der Waals surface area contributed by atoms with E-state index in [1.807, 2.05) is 0 Å². The third kappa shape index (κ3) is 63.9. The maximum atomic E-state index is 9.75. The average molecular weight is 257 g/mol. The Morgan fingerprint density at radius 1 is 1.40 bits per heavy atom. The summed E-state index contributed by atoms with van der Waals surface area (Å²) in [6.45, 7) is 10.4. The molecule has 0 fully saturated rings. The van der Waals surface area contributed by atoms with Crippen molar-refractivity contribution in [1.29, 1.82) is 0 Å². The lowest BCUT2D eigenvalue weighted by Gasteiger charge is -1.83. The molecule has 0 aliphatic rings. The van der Waals surface area contributed by atoms with Crippen LogP contribution in [0.4, 0.5) is 0 Å². The Balaban J connectivity index is -0.000000153. The highest BCUT2D eigenvalue weighted by molar-refractivity contribution is 7.88.